The first kappa shape index (κ1) is 13.5. The van der Waals surface area contributed by atoms with E-state index in [2.05, 4.69) is 6.07 Å². The summed E-state index contributed by atoms with van der Waals surface area (Å²) in [6.07, 6.45) is -0.641. The maximum absolute atomic E-state index is 9.10. The second kappa shape index (κ2) is 5.20. The Morgan fingerprint density at radius 1 is 1.31 bits per heavy atom. The maximum atomic E-state index is 9.10. The molecule has 0 bridgehead atoms. The molecule has 0 aliphatic heterocycles. The number of hydrogen-bond donors (Lipinski definition) is 0. The molecular weight excluding hydrogens is 261 g/mol. The molecule has 0 heterocycles. The molecule has 0 fully saturated rings. The normalized spacial score (nSPS) is 13.2. The van der Waals surface area contributed by atoms with Crippen LogP contribution < -0.4 is 0 Å². The van der Waals surface area contributed by atoms with E-state index in [0.29, 0.717) is 15.6 Å². The Hall–Kier alpha value is -0.533. The first-order valence-electron chi connectivity index (χ1n) is 4.86. The fourth-order valence-corrected chi connectivity index (χ4v) is 2.53. The summed E-state index contributed by atoms with van der Waals surface area (Å²) in [5.74, 6) is 0. The van der Waals surface area contributed by atoms with Crippen LogP contribution in [0.5, 0.6) is 0 Å². The van der Waals surface area contributed by atoms with Crippen molar-refractivity contribution in [2.75, 3.05) is 0 Å². The summed E-state index contributed by atoms with van der Waals surface area (Å²) in [6.45, 7) is 6.07. The summed E-state index contributed by atoms with van der Waals surface area (Å²) in [6, 6.07) is 7.33. The molecule has 5 heteroatoms. The molecule has 0 radical (unpaired) electrons. The Morgan fingerprint density at radius 2 is 1.94 bits per heavy atom. The predicted octanol–water partition coefficient (Wildman–Crippen LogP) is 4.41. The average Bonchev–Trinajstić information content (AvgIpc) is 2.18. The Labute approximate surface area is 107 Å². The van der Waals surface area contributed by atoms with Crippen LogP contribution in [0.3, 0.4) is 0 Å². The second-order valence-corrected chi connectivity index (χ2v) is 9.63. The van der Waals surface area contributed by atoms with Gasteiger partial charge < -0.3 is 4.43 Å². The molecule has 0 saturated heterocycles. The van der Waals surface area contributed by atoms with Crippen LogP contribution in [0.25, 0.3) is 0 Å². The quantitative estimate of drug-likeness (QED) is 0.765. The molecule has 2 nitrogen and oxygen atoms in total. The van der Waals surface area contributed by atoms with Crippen LogP contribution in [0, 0.1) is 11.3 Å². The number of rotatable bonds is 3. The monoisotopic (exact) mass is 273 g/mol. The van der Waals surface area contributed by atoms with Crippen molar-refractivity contribution in [1.29, 1.82) is 5.26 Å². The van der Waals surface area contributed by atoms with Crippen molar-refractivity contribution >= 4 is 31.5 Å². The van der Waals surface area contributed by atoms with Gasteiger partial charge in [-0.25, -0.2) is 0 Å². The highest BCUT2D eigenvalue weighted by atomic mass is 35.5. The first-order chi connectivity index (χ1) is 7.35. The smallest absolute Gasteiger partial charge is 0.186 e. The molecule has 0 unspecified atom stereocenters. The van der Waals surface area contributed by atoms with Gasteiger partial charge >= 0.3 is 0 Å². The molecule has 0 aliphatic rings. The minimum atomic E-state index is -1.79. The van der Waals surface area contributed by atoms with E-state index in [1.165, 1.54) is 0 Å². The molecule has 0 N–H and O–H groups in total. The standard InChI is InChI=1S/C11H13Cl2NOSi/c1-16(2,3)15-10(7-14)8-5-4-6-9(12)11(8)13/h4-6,10H,1-3H3/t10-/m0/s1. The van der Waals surface area contributed by atoms with Gasteiger partial charge in [0.25, 0.3) is 0 Å². The third kappa shape index (κ3) is 3.50. The Bertz CT molecular complexity index is 423. The van der Waals surface area contributed by atoms with Crippen molar-refractivity contribution in [3.63, 3.8) is 0 Å². The van der Waals surface area contributed by atoms with Gasteiger partial charge in [-0.1, -0.05) is 35.3 Å². The lowest BCUT2D eigenvalue weighted by Gasteiger charge is -2.22. The third-order valence-corrected chi connectivity index (χ3v) is 3.63. The summed E-state index contributed by atoms with van der Waals surface area (Å²) in [4.78, 5) is 0. The van der Waals surface area contributed by atoms with E-state index in [-0.39, 0.29) is 0 Å². The largest absolute Gasteiger partial charge is 0.399 e. The number of halogens is 2. The molecule has 86 valence electrons. The second-order valence-electron chi connectivity index (χ2n) is 4.38. The minimum Gasteiger partial charge on any atom is -0.399 e. The lowest BCUT2D eigenvalue weighted by molar-refractivity contribution is 0.255. The molecule has 1 rings (SSSR count). The van der Waals surface area contributed by atoms with Crippen LogP contribution in [0.4, 0.5) is 0 Å². The van der Waals surface area contributed by atoms with Gasteiger partial charge in [0, 0.05) is 5.56 Å². The zero-order valence-corrected chi connectivity index (χ0v) is 11.9. The van der Waals surface area contributed by atoms with Crippen molar-refractivity contribution < 1.29 is 4.43 Å². The molecule has 0 saturated carbocycles. The van der Waals surface area contributed by atoms with Crippen LogP contribution in [0.15, 0.2) is 18.2 Å². The molecule has 1 aromatic carbocycles. The average molecular weight is 274 g/mol. The molecule has 0 aromatic heterocycles. The fraction of sp³-hybridized carbons (Fsp3) is 0.364. The van der Waals surface area contributed by atoms with Crippen molar-refractivity contribution in [2.24, 2.45) is 0 Å². The van der Waals surface area contributed by atoms with Gasteiger partial charge in [-0.3, -0.25) is 0 Å². The van der Waals surface area contributed by atoms with Gasteiger partial charge in [0.15, 0.2) is 14.4 Å². The van der Waals surface area contributed by atoms with Gasteiger partial charge in [0.2, 0.25) is 0 Å². The third-order valence-electron chi connectivity index (χ3n) is 1.85. The number of hydrogen-bond acceptors (Lipinski definition) is 2. The van der Waals surface area contributed by atoms with Gasteiger partial charge in [0.1, 0.15) is 0 Å². The molecular formula is C11H13Cl2NOSi. The van der Waals surface area contributed by atoms with Gasteiger partial charge in [-0.05, 0) is 25.7 Å². The lowest BCUT2D eigenvalue weighted by atomic mass is 10.1. The SMILES string of the molecule is C[Si](C)(C)O[C@@H](C#N)c1cccc(Cl)c1Cl. The molecule has 0 aliphatic carbocycles. The zero-order valence-electron chi connectivity index (χ0n) is 9.42. The Balaban J connectivity index is 3.06. The highest BCUT2D eigenvalue weighted by Crippen LogP contribution is 2.32. The van der Waals surface area contributed by atoms with Crippen molar-refractivity contribution in [3.8, 4) is 6.07 Å². The fourth-order valence-electron chi connectivity index (χ4n) is 1.24. The van der Waals surface area contributed by atoms with Crippen LogP contribution in [0.1, 0.15) is 11.7 Å². The van der Waals surface area contributed by atoms with E-state index in [9.17, 15) is 0 Å². The molecule has 0 amide bonds. The summed E-state index contributed by atoms with van der Waals surface area (Å²) in [5.41, 5.74) is 0.638. The first-order valence-corrected chi connectivity index (χ1v) is 9.03. The van der Waals surface area contributed by atoms with E-state index >= 15 is 0 Å². The molecule has 0 spiro atoms. The summed E-state index contributed by atoms with van der Waals surface area (Å²) in [5, 5.41) is 9.94. The van der Waals surface area contributed by atoms with E-state index in [1.54, 1.807) is 18.2 Å². The van der Waals surface area contributed by atoms with E-state index in [0.717, 1.165) is 0 Å². The van der Waals surface area contributed by atoms with Gasteiger partial charge in [0.05, 0.1) is 16.1 Å². The van der Waals surface area contributed by atoms with Crippen LogP contribution >= 0.6 is 23.2 Å². The van der Waals surface area contributed by atoms with E-state index in [1.807, 2.05) is 19.6 Å². The van der Waals surface area contributed by atoms with E-state index in [4.69, 9.17) is 32.9 Å². The summed E-state index contributed by atoms with van der Waals surface area (Å²) >= 11 is 11.9. The number of nitrogens with zero attached hydrogens (tertiary/aromatic N) is 1. The van der Waals surface area contributed by atoms with Gasteiger partial charge in [-0.2, -0.15) is 5.26 Å². The molecule has 1 aromatic rings. The van der Waals surface area contributed by atoms with Crippen LogP contribution in [-0.2, 0) is 4.43 Å². The summed E-state index contributed by atoms with van der Waals surface area (Å²) in [7, 11) is -1.79. The number of benzene rings is 1. The topological polar surface area (TPSA) is 33.0 Å². The maximum Gasteiger partial charge on any atom is 0.186 e. The highest BCUT2D eigenvalue weighted by Gasteiger charge is 2.24. The zero-order chi connectivity index (χ0) is 12.3. The summed E-state index contributed by atoms with van der Waals surface area (Å²) < 4.78 is 5.74. The van der Waals surface area contributed by atoms with E-state index < -0.39 is 14.4 Å². The van der Waals surface area contributed by atoms with Crippen LogP contribution in [0.2, 0.25) is 29.7 Å². The van der Waals surface area contributed by atoms with Crippen LogP contribution in [-0.4, -0.2) is 8.32 Å². The van der Waals surface area contributed by atoms with Crippen molar-refractivity contribution in [2.45, 2.75) is 25.7 Å². The predicted molar refractivity (Wildman–Crippen MR) is 69.2 cm³/mol. The highest BCUT2D eigenvalue weighted by molar-refractivity contribution is 6.69. The lowest BCUT2D eigenvalue weighted by Crippen LogP contribution is -2.27. The Morgan fingerprint density at radius 3 is 2.44 bits per heavy atom. The molecule has 1 atom stereocenters. The van der Waals surface area contributed by atoms with Gasteiger partial charge in [-0.15, -0.1) is 0 Å². The minimum absolute atomic E-state index is 0.397. The van der Waals surface area contributed by atoms with Crippen molar-refractivity contribution in [3.05, 3.63) is 33.8 Å². The molecule has 16 heavy (non-hydrogen) atoms. The number of nitriles is 1. The Kier molecular flexibility index (Phi) is 4.40. The van der Waals surface area contributed by atoms with Crippen molar-refractivity contribution in [1.82, 2.24) is 0 Å².